The van der Waals surface area contributed by atoms with Gasteiger partial charge >= 0.3 is 0 Å². The van der Waals surface area contributed by atoms with Crippen molar-refractivity contribution in [3.05, 3.63) is 0 Å². The van der Waals surface area contributed by atoms with Crippen molar-refractivity contribution in [2.75, 3.05) is 7.11 Å². The third kappa shape index (κ3) is 0.433. The molecule has 0 heterocycles. The number of rotatable bonds is 2. The first-order valence-electron chi connectivity index (χ1n) is 3.26. The molecule has 2 nitrogen and oxygen atoms in total. The lowest BCUT2D eigenvalue weighted by Crippen LogP contribution is -2.68. The second kappa shape index (κ2) is 1.21. The van der Waals surface area contributed by atoms with E-state index in [9.17, 15) is 4.79 Å². The molecule has 3 saturated carbocycles. The zero-order chi connectivity index (χ0) is 6.54. The van der Waals surface area contributed by atoms with Gasteiger partial charge in [0, 0.05) is 12.5 Å². The summed E-state index contributed by atoms with van der Waals surface area (Å²) in [6.07, 6.45) is 4.01. The van der Waals surface area contributed by atoms with Crippen LogP contribution in [0.15, 0.2) is 0 Å². The molecular weight excluding hydrogens is 116 g/mol. The molecule has 2 bridgehead atoms. The van der Waals surface area contributed by atoms with Crippen LogP contribution in [0.5, 0.6) is 0 Å². The van der Waals surface area contributed by atoms with Gasteiger partial charge in [-0.25, -0.2) is 0 Å². The number of ether oxygens (including phenoxy) is 1. The largest absolute Gasteiger partial charge is 0.378 e. The van der Waals surface area contributed by atoms with Crippen molar-refractivity contribution in [3.8, 4) is 0 Å². The molecule has 3 aliphatic carbocycles. The highest BCUT2D eigenvalue weighted by Gasteiger charge is 2.68. The molecule has 0 atom stereocenters. The summed E-state index contributed by atoms with van der Waals surface area (Å²) in [5, 5.41) is 0. The first-order chi connectivity index (χ1) is 4.24. The first kappa shape index (κ1) is 5.42. The van der Waals surface area contributed by atoms with Crippen LogP contribution in [0.25, 0.3) is 0 Å². The average molecular weight is 126 g/mol. The van der Waals surface area contributed by atoms with Crippen molar-refractivity contribution in [2.45, 2.75) is 24.9 Å². The van der Waals surface area contributed by atoms with Crippen molar-refractivity contribution in [2.24, 2.45) is 5.41 Å². The molecule has 3 aliphatic rings. The zero-order valence-electron chi connectivity index (χ0n) is 5.52. The summed E-state index contributed by atoms with van der Waals surface area (Å²) >= 11 is 0. The van der Waals surface area contributed by atoms with Gasteiger partial charge < -0.3 is 9.53 Å². The lowest BCUT2D eigenvalue weighted by molar-refractivity contribution is -0.255. The van der Waals surface area contributed by atoms with E-state index in [1.54, 1.807) is 7.11 Å². The zero-order valence-corrected chi connectivity index (χ0v) is 5.52. The number of carbonyl (C=O) groups excluding carboxylic acids is 1. The van der Waals surface area contributed by atoms with Crippen LogP contribution < -0.4 is 0 Å². The fourth-order valence-corrected chi connectivity index (χ4v) is 2.11. The van der Waals surface area contributed by atoms with Gasteiger partial charge in [0.2, 0.25) is 0 Å². The summed E-state index contributed by atoms with van der Waals surface area (Å²) in [6.45, 7) is 0. The molecule has 3 rings (SSSR count). The number of hydrogen-bond donors (Lipinski definition) is 0. The molecule has 0 amide bonds. The molecule has 50 valence electrons. The van der Waals surface area contributed by atoms with E-state index in [1.807, 2.05) is 0 Å². The maximum Gasteiger partial charge on any atom is 0.126 e. The summed E-state index contributed by atoms with van der Waals surface area (Å²) in [5.74, 6) is 0. The third-order valence-electron chi connectivity index (χ3n) is 2.71. The number of hydrogen-bond acceptors (Lipinski definition) is 2. The van der Waals surface area contributed by atoms with Crippen molar-refractivity contribution in [1.82, 2.24) is 0 Å². The topological polar surface area (TPSA) is 26.3 Å². The van der Waals surface area contributed by atoms with Gasteiger partial charge in [-0.15, -0.1) is 0 Å². The minimum atomic E-state index is 0.0655. The molecular formula is C7H10O2. The Morgan fingerprint density at radius 2 is 2.00 bits per heavy atom. The molecule has 0 aliphatic heterocycles. The van der Waals surface area contributed by atoms with E-state index >= 15 is 0 Å². The normalized spacial score (nSPS) is 53.4. The maximum atomic E-state index is 10.3. The smallest absolute Gasteiger partial charge is 0.126 e. The molecule has 0 N–H and O–H groups in total. The van der Waals surface area contributed by atoms with E-state index in [2.05, 4.69) is 0 Å². The summed E-state index contributed by atoms with van der Waals surface area (Å²) in [6, 6.07) is 0. The maximum absolute atomic E-state index is 10.3. The Morgan fingerprint density at radius 3 is 2.33 bits per heavy atom. The average Bonchev–Trinajstić information content (AvgIpc) is 1.62. The highest BCUT2D eigenvalue weighted by Crippen LogP contribution is 2.67. The highest BCUT2D eigenvalue weighted by molar-refractivity contribution is 5.66. The fourth-order valence-electron chi connectivity index (χ4n) is 2.11. The van der Waals surface area contributed by atoms with Crippen LogP contribution >= 0.6 is 0 Å². The van der Waals surface area contributed by atoms with Gasteiger partial charge in [-0.3, -0.25) is 0 Å². The predicted molar refractivity (Wildman–Crippen MR) is 32.1 cm³/mol. The molecule has 0 spiro atoms. The Hall–Kier alpha value is -0.370. The number of aldehydes is 1. The highest BCUT2D eigenvalue weighted by atomic mass is 16.5. The molecule has 2 heteroatoms. The third-order valence-corrected chi connectivity index (χ3v) is 2.71. The summed E-state index contributed by atoms with van der Waals surface area (Å²) in [5.41, 5.74) is 0.205. The number of methoxy groups -OCH3 is 1. The minimum Gasteiger partial charge on any atom is -0.378 e. The van der Waals surface area contributed by atoms with Gasteiger partial charge in [-0.1, -0.05) is 0 Å². The SMILES string of the molecule is COC12CC(C=O)(C1)C2. The summed E-state index contributed by atoms with van der Waals surface area (Å²) in [7, 11) is 1.73. The van der Waals surface area contributed by atoms with Crippen LogP contribution in [-0.4, -0.2) is 19.0 Å². The molecule has 0 aromatic carbocycles. The summed E-state index contributed by atoms with van der Waals surface area (Å²) < 4.78 is 5.21. The molecule has 0 unspecified atom stereocenters. The second-order valence-corrected chi connectivity index (χ2v) is 3.40. The quantitative estimate of drug-likeness (QED) is 0.510. The van der Waals surface area contributed by atoms with E-state index < -0.39 is 0 Å². The van der Waals surface area contributed by atoms with Gasteiger partial charge in [-0.05, 0) is 19.3 Å². The Balaban J connectivity index is 2.03. The first-order valence-corrected chi connectivity index (χ1v) is 3.26. The van der Waals surface area contributed by atoms with Crippen molar-refractivity contribution < 1.29 is 9.53 Å². The molecule has 0 radical (unpaired) electrons. The van der Waals surface area contributed by atoms with E-state index in [-0.39, 0.29) is 11.0 Å². The second-order valence-electron chi connectivity index (χ2n) is 3.40. The molecule has 3 fully saturated rings. The van der Waals surface area contributed by atoms with E-state index in [0.717, 1.165) is 25.5 Å². The Kier molecular flexibility index (Phi) is 0.730. The fraction of sp³-hybridized carbons (Fsp3) is 0.857. The van der Waals surface area contributed by atoms with Crippen molar-refractivity contribution >= 4 is 6.29 Å². The van der Waals surface area contributed by atoms with Crippen LogP contribution in [0.2, 0.25) is 0 Å². The van der Waals surface area contributed by atoms with E-state index in [1.165, 1.54) is 0 Å². The lowest BCUT2D eigenvalue weighted by Gasteiger charge is -2.66. The van der Waals surface area contributed by atoms with Crippen molar-refractivity contribution in [3.63, 3.8) is 0 Å². The number of carbonyl (C=O) groups is 1. The van der Waals surface area contributed by atoms with Gasteiger partial charge in [0.05, 0.1) is 5.60 Å². The van der Waals surface area contributed by atoms with Crippen LogP contribution in [0, 0.1) is 5.41 Å². The molecule has 0 aromatic rings. The Bertz CT molecular complexity index is 143. The predicted octanol–water partition coefficient (Wildman–Crippen LogP) is 0.754. The van der Waals surface area contributed by atoms with Crippen LogP contribution in [0.3, 0.4) is 0 Å². The monoisotopic (exact) mass is 126 g/mol. The summed E-state index contributed by atoms with van der Waals surface area (Å²) in [4.78, 5) is 10.3. The standard InChI is InChI=1S/C7H10O2/c1-9-7-2-6(3-7,4-7)5-8/h5H,2-4H2,1H3. The minimum absolute atomic E-state index is 0.0655. The molecule has 0 saturated heterocycles. The van der Waals surface area contributed by atoms with Crippen molar-refractivity contribution in [1.29, 1.82) is 0 Å². The van der Waals surface area contributed by atoms with Gasteiger partial charge in [-0.2, -0.15) is 0 Å². The van der Waals surface area contributed by atoms with Gasteiger partial charge in [0.15, 0.2) is 0 Å². The molecule has 9 heavy (non-hydrogen) atoms. The molecule has 0 aromatic heterocycles. The lowest BCUT2D eigenvalue weighted by atomic mass is 9.42. The van der Waals surface area contributed by atoms with Gasteiger partial charge in [0.1, 0.15) is 6.29 Å². The van der Waals surface area contributed by atoms with Crippen LogP contribution in [-0.2, 0) is 9.53 Å². The Labute approximate surface area is 54.2 Å². The van der Waals surface area contributed by atoms with E-state index in [4.69, 9.17) is 4.74 Å². The van der Waals surface area contributed by atoms with Crippen LogP contribution in [0.4, 0.5) is 0 Å². The van der Waals surface area contributed by atoms with E-state index in [0.29, 0.717) is 0 Å². The van der Waals surface area contributed by atoms with Gasteiger partial charge in [0.25, 0.3) is 0 Å². The van der Waals surface area contributed by atoms with Crippen LogP contribution in [0.1, 0.15) is 19.3 Å². The Morgan fingerprint density at radius 1 is 1.44 bits per heavy atom.